The Bertz CT molecular complexity index is 1860. The maximum Gasteiger partial charge on any atom is 0.0977 e. The van der Waals surface area contributed by atoms with Gasteiger partial charge in [-0.25, -0.2) is 9.97 Å². The highest BCUT2D eigenvalue weighted by Gasteiger charge is 2.34. The number of para-hydroxylation sites is 2. The number of anilines is 1. The van der Waals surface area contributed by atoms with Crippen LogP contribution in [-0.2, 0) is 0 Å². The third-order valence-corrected chi connectivity index (χ3v) is 8.06. The summed E-state index contributed by atoms with van der Waals surface area (Å²) < 4.78 is 2.08. The Balaban J connectivity index is 1.65. The zero-order chi connectivity index (χ0) is 25.1. The molecule has 178 valence electrons. The Kier molecular flexibility index (Phi) is 5.34. The monoisotopic (exact) mass is 606 g/mol. The predicted molar refractivity (Wildman–Crippen MR) is 160 cm³/mol. The highest BCUT2D eigenvalue weighted by atomic mass is 79.9. The number of nitrogens with zero attached hydrogens (tertiary/aromatic N) is 4. The highest BCUT2D eigenvalue weighted by Crippen LogP contribution is 2.47. The van der Waals surface area contributed by atoms with E-state index in [1.54, 1.807) is 0 Å². The molecule has 7 rings (SSSR count). The number of benzene rings is 5. The van der Waals surface area contributed by atoms with Gasteiger partial charge in [0.2, 0.25) is 0 Å². The average Bonchev–Trinajstić information content (AvgIpc) is 2.93. The Hall–Kier alpha value is -3.61. The lowest BCUT2D eigenvalue weighted by Crippen LogP contribution is -2.28. The smallest absolute Gasteiger partial charge is 0.0977 e. The van der Waals surface area contributed by atoms with Gasteiger partial charge in [-0.05, 0) is 47.5 Å². The summed E-state index contributed by atoms with van der Waals surface area (Å²) in [6.07, 6.45) is 0. The molecule has 0 amide bonds. The van der Waals surface area contributed by atoms with E-state index in [1.807, 2.05) is 36.3 Å². The van der Waals surface area contributed by atoms with Crippen molar-refractivity contribution >= 4 is 76.1 Å². The predicted octanol–water partition coefficient (Wildman–Crippen LogP) is 8.45. The number of hydrogen-bond donors (Lipinski definition) is 0. The first-order valence-corrected chi connectivity index (χ1v) is 13.6. The van der Waals surface area contributed by atoms with E-state index in [0.29, 0.717) is 0 Å². The molecule has 1 atom stereocenters. The molecule has 0 bridgehead atoms. The van der Waals surface area contributed by atoms with Crippen LogP contribution in [0.3, 0.4) is 0 Å². The van der Waals surface area contributed by atoms with Gasteiger partial charge in [-0.15, -0.1) is 0 Å². The second kappa shape index (κ2) is 8.75. The molecule has 4 nitrogen and oxygen atoms in total. The number of halogens is 2. The third-order valence-electron chi connectivity index (χ3n) is 7.00. The average molecular weight is 608 g/mol. The molecule has 37 heavy (non-hydrogen) atoms. The van der Waals surface area contributed by atoms with Gasteiger partial charge in [-0.3, -0.25) is 5.01 Å². The Labute approximate surface area is 230 Å². The van der Waals surface area contributed by atoms with Crippen molar-refractivity contribution in [3.05, 3.63) is 123 Å². The van der Waals surface area contributed by atoms with Gasteiger partial charge in [-0.2, -0.15) is 5.10 Å². The van der Waals surface area contributed by atoms with Crippen LogP contribution in [0.5, 0.6) is 0 Å². The van der Waals surface area contributed by atoms with E-state index in [9.17, 15) is 0 Å². The molecule has 5 aromatic carbocycles. The van der Waals surface area contributed by atoms with Crippen molar-refractivity contribution in [1.82, 2.24) is 9.97 Å². The van der Waals surface area contributed by atoms with Crippen molar-refractivity contribution in [2.45, 2.75) is 5.92 Å². The van der Waals surface area contributed by atoms with Crippen molar-refractivity contribution in [2.75, 3.05) is 12.1 Å². The molecule has 6 heteroatoms. The van der Waals surface area contributed by atoms with Crippen LogP contribution < -0.4 is 5.01 Å². The highest BCUT2D eigenvalue weighted by molar-refractivity contribution is 9.10. The first-order chi connectivity index (χ1) is 18.1. The molecule has 0 spiro atoms. The minimum Gasteiger partial charge on any atom is -0.267 e. The van der Waals surface area contributed by atoms with Gasteiger partial charge in [0.15, 0.2) is 0 Å². The number of hydrazone groups is 1. The maximum absolute atomic E-state index is 5.25. The Morgan fingerprint density at radius 1 is 0.649 bits per heavy atom. The van der Waals surface area contributed by atoms with Crippen LogP contribution in [0, 0.1) is 0 Å². The van der Waals surface area contributed by atoms with Crippen molar-refractivity contribution in [3.8, 4) is 0 Å². The molecule has 1 aliphatic heterocycles. The van der Waals surface area contributed by atoms with Gasteiger partial charge in [0.1, 0.15) is 0 Å². The summed E-state index contributed by atoms with van der Waals surface area (Å²) in [5, 5.41) is 9.42. The molecule has 0 saturated heterocycles. The number of aromatic nitrogens is 2. The molecule has 0 fully saturated rings. The zero-order valence-electron chi connectivity index (χ0n) is 19.9. The molecule has 0 radical (unpaired) electrons. The van der Waals surface area contributed by atoms with Crippen LogP contribution in [-0.4, -0.2) is 22.7 Å². The lowest BCUT2D eigenvalue weighted by Gasteiger charge is -2.33. The van der Waals surface area contributed by atoms with Crippen LogP contribution >= 0.6 is 31.9 Å². The van der Waals surface area contributed by atoms with Crippen LogP contribution in [0.2, 0.25) is 0 Å². The van der Waals surface area contributed by atoms with E-state index in [1.165, 1.54) is 0 Å². The molecule has 0 aliphatic carbocycles. The van der Waals surface area contributed by atoms with E-state index in [0.717, 1.165) is 69.9 Å². The molecular formula is C31H20Br2N4. The van der Waals surface area contributed by atoms with Gasteiger partial charge in [0.05, 0.1) is 39.4 Å². The summed E-state index contributed by atoms with van der Waals surface area (Å²) in [6.45, 7) is 0. The molecule has 1 aliphatic rings. The number of fused-ring (bicyclic) bond motifs is 7. The van der Waals surface area contributed by atoms with Crippen LogP contribution in [0.4, 0.5) is 5.69 Å². The van der Waals surface area contributed by atoms with Crippen molar-refractivity contribution in [2.24, 2.45) is 5.10 Å². The number of rotatable bonds is 2. The fourth-order valence-electron chi connectivity index (χ4n) is 5.38. The van der Waals surface area contributed by atoms with Gasteiger partial charge in [0, 0.05) is 32.3 Å². The van der Waals surface area contributed by atoms with Gasteiger partial charge < -0.3 is 0 Å². The first kappa shape index (κ1) is 22.6. The summed E-state index contributed by atoms with van der Waals surface area (Å²) in [6, 6.07) is 33.5. The quantitative estimate of drug-likeness (QED) is 0.146. The third kappa shape index (κ3) is 3.66. The normalized spacial score (nSPS) is 15.3. The lowest BCUT2D eigenvalue weighted by molar-refractivity contribution is 0.928. The standard InChI is InChI=1S/C31H20Br2N4/c1-37-31-23-7-3-2-6-22(23)29-30(35-25-9-5-4-8-24(25)34-29)27(31)26(18-10-14-20(32)15-11-18)28(36-37)19-12-16-21(33)17-13-19/h2-17,26H,1H3. The maximum atomic E-state index is 5.25. The van der Waals surface area contributed by atoms with E-state index in [4.69, 9.17) is 15.1 Å². The van der Waals surface area contributed by atoms with Crippen molar-refractivity contribution in [1.29, 1.82) is 0 Å². The molecule has 0 N–H and O–H groups in total. The van der Waals surface area contributed by atoms with Crippen molar-refractivity contribution < 1.29 is 0 Å². The van der Waals surface area contributed by atoms with E-state index in [-0.39, 0.29) is 5.92 Å². The van der Waals surface area contributed by atoms with E-state index in [2.05, 4.69) is 105 Å². The van der Waals surface area contributed by atoms with Gasteiger partial charge in [-0.1, -0.05) is 92.5 Å². The fourth-order valence-corrected chi connectivity index (χ4v) is 5.91. The minimum atomic E-state index is -0.122. The molecule has 2 heterocycles. The molecule has 6 aromatic rings. The Morgan fingerprint density at radius 3 is 1.89 bits per heavy atom. The van der Waals surface area contributed by atoms with E-state index >= 15 is 0 Å². The van der Waals surface area contributed by atoms with Gasteiger partial charge in [0.25, 0.3) is 0 Å². The second-order valence-corrected chi connectivity index (χ2v) is 11.0. The van der Waals surface area contributed by atoms with E-state index < -0.39 is 0 Å². The fraction of sp³-hybridized carbons (Fsp3) is 0.0645. The summed E-state index contributed by atoms with van der Waals surface area (Å²) in [4.78, 5) is 10.4. The van der Waals surface area contributed by atoms with Crippen molar-refractivity contribution in [3.63, 3.8) is 0 Å². The summed E-state index contributed by atoms with van der Waals surface area (Å²) >= 11 is 7.20. The first-order valence-electron chi connectivity index (χ1n) is 12.0. The topological polar surface area (TPSA) is 41.4 Å². The summed E-state index contributed by atoms with van der Waals surface area (Å²) in [5.74, 6) is -0.122. The SMILES string of the molecule is CN1N=C(c2ccc(Br)cc2)C(c2ccc(Br)cc2)c2c1c1ccccc1c1nc3ccccc3nc21. The largest absolute Gasteiger partial charge is 0.267 e. The minimum absolute atomic E-state index is 0.122. The number of hydrogen-bond acceptors (Lipinski definition) is 4. The lowest BCUT2D eigenvalue weighted by atomic mass is 9.80. The second-order valence-electron chi connectivity index (χ2n) is 9.22. The van der Waals surface area contributed by atoms with Gasteiger partial charge >= 0.3 is 0 Å². The molecular weight excluding hydrogens is 588 g/mol. The summed E-state index contributed by atoms with van der Waals surface area (Å²) in [7, 11) is 2.03. The van der Waals surface area contributed by atoms with Crippen LogP contribution in [0.15, 0.2) is 111 Å². The molecule has 1 unspecified atom stereocenters. The molecule has 1 aromatic heterocycles. The Morgan fingerprint density at radius 2 is 1.22 bits per heavy atom. The summed E-state index contributed by atoms with van der Waals surface area (Å²) in [5.41, 5.74) is 9.03. The molecule has 0 saturated carbocycles. The zero-order valence-corrected chi connectivity index (χ0v) is 23.0. The van der Waals surface area contributed by atoms with Crippen LogP contribution in [0.1, 0.15) is 22.6 Å². The van der Waals surface area contributed by atoms with Crippen LogP contribution in [0.25, 0.3) is 32.8 Å².